The molecule has 0 spiro atoms. The Morgan fingerprint density at radius 3 is 2.83 bits per heavy atom. The third kappa shape index (κ3) is 3.64. The summed E-state index contributed by atoms with van der Waals surface area (Å²) in [6, 6.07) is 11.5. The highest BCUT2D eigenvalue weighted by molar-refractivity contribution is 8.13. The van der Waals surface area contributed by atoms with Crippen LogP contribution in [0, 0.1) is 6.92 Å². The van der Waals surface area contributed by atoms with Crippen molar-refractivity contribution in [3.8, 4) is 0 Å². The highest BCUT2D eigenvalue weighted by Gasteiger charge is 2.29. The van der Waals surface area contributed by atoms with Gasteiger partial charge in [-0.05, 0) is 43.5 Å². The minimum atomic E-state index is -0.321. The molecule has 0 saturated carbocycles. The van der Waals surface area contributed by atoms with Gasteiger partial charge in [0.15, 0.2) is 11.0 Å². The van der Waals surface area contributed by atoms with E-state index in [1.807, 2.05) is 31.2 Å². The Bertz CT molecular complexity index is 788. The molecule has 0 radical (unpaired) electrons. The molecule has 1 aliphatic rings. The van der Waals surface area contributed by atoms with Gasteiger partial charge in [-0.3, -0.25) is 9.79 Å². The summed E-state index contributed by atoms with van der Waals surface area (Å²) in [6.45, 7) is 3.94. The molecule has 1 aliphatic heterocycles. The van der Waals surface area contributed by atoms with Crippen molar-refractivity contribution in [1.29, 1.82) is 0 Å². The number of ketones is 1. The van der Waals surface area contributed by atoms with E-state index >= 15 is 0 Å². The van der Waals surface area contributed by atoms with Gasteiger partial charge in [0.2, 0.25) is 0 Å². The van der Waals surface area contributed by atoms with Gasteiger partial charge in [-0.25, -0.2) is 0 Å². The van der Waals surface area contributed by atoms with Crippen molar-refractivity contribution in [1.82, 2.24) is 10.2 Å². The summed E-state index contributed by atoms with van der Waals surface area (Å²) in [5, 5.41) is 8.54. The average Bonchev–Trinajstić information content (AvgIpc) is 2.55. The van der Waals surface area contributed by atoms with E-state index in [9.17, 15) is 4.79 Å². The number of thioether (sulfide) groups is 1. The molecule has 2 aromatic rings. The van der Waals surface area contributed by atoms with Gasteiger partial charge in [-0.2, -0.15) is 5.10 Å². The Balaban J connectivity index is 1.82. The lowest BCUT2D eigenvalue weighted by atomic mass is 9.88. The molecular formula is C18H20N4OS. The molecule has 1 atom stereocenters. The maximum absolute atomic E-state index is 12.4. The molecule has 2 heterocycles. The van der Waals surface area contributed by atoms with Crippen LogP contribution in [-0.2, 0) is 12.0 Å². The first-order valence-electron chi connectivity index (χ1n) is 7.87. The second-order valence-corrected chi connectivity index (χ2v) is 7.30. The molecular weight excluding hydrogens is 320 g/mol. The number of amidine groups is 1. The van der Waals surface area contributed by atoms with Crippen LogP contribution in [0.4, 0.5) is 0 Å². The first-order valence-corrected chi connectivity index (χ1v) is 8.86. The molecule has 1 aromatic heterocycles. The van der Waals surface area contributed by atoms with E-state index in [2.05, 4.69) is 22.1 Å². The molecule has 3 rings (SSSR count). The van der Waals surface area contributed by atoms with Crippen LogP contribution in [0.3, 0.4) is 0 Å². The zero-order valence-corrected chi connectivity index (χ0v) is 14.6. The standard InChI is InChI=1S/C18H20N4OS/c1-12-6-7-15(22-21-12)16(23)11-13-4-3-5-14(10-13)18(2)8-9-24-17(19)20-18/h3-7,10H,8-9,11H2,1-2H3,(H2,19,20). The molecule has 0 saturated heterocycles. The van der Waals surface area contributed by atoms with Gasteiger partial charge in [0.05, 0.1) is 11.2 Å². The highest BCUT2D eigenvalue weighted by Crippen LogP contribution is 2.35. The Morgan fingerprint density at radius 1 is 1.29 bits per heavy atom. The third-order valence-corrected chi connectivity index (χ3v) is 4.99. The fraction of sp³-hybridized carbons (Fsp3) is 0.333. The summed E-state index contributed by atoms with van der Waals surface area (Å²) < 4.78 is 0. The van der Waals surface area contributed by atoms with E-state index in [0.717, 1.165) is 29.0 Å². The molecule has 0 aliphatic carbocycles. The SMILES string of the molecule is Cc1ccc(C(=O)Cc2cccc(C3(C)CCSC(N)=N3)c2)nn1. The van der Waals surface area contributed by atoms with Crippen LogP contribution in [0.25, 0.3) is 0 Å². The molecule has 5 nitrogen and oxygen atoms in total. The number of carbonyl (C=O) groups is 1. The predicted molar refractivity (Wildman–Crippen MR) is 97.3 cm³/mol. The van der Waals surface area contributed by atoms with Crippen molar-refractivity contribution < 1.29 is 4.79 Å². The molecule has 1 unspecified atom stereocenters. The van der Waals surface area contributed by atoms with Crippen molar-refractivity contribution in [2.45, 2.75) is 32.2 Å². The van der Waals surface area contributed by atoms with Crippen LogP contribution >= 0.6 is 11.8 Å². The van der Waals surface area contributed by atoms with Crippen LogP contribution in [0.2, 0.25) is 0 Å². The zero-order valence-electron chi connectivity index (χ0n) is 13.8. The maximum atomic E-state index is 12.4. The second-order valence-electron chi connectivity index (χ2n) is 6.18. The van der Waals surface area contributed by atoms with Gasteiger partial charge in [0, 0.05) is 12.2 Å². The number of aromatic nitrogens is 2. The van der Waals surface area contributed by atoms with Gasteiger partial charge in [0.25, 0.3) is 0 Å². The molecule has 0 fully saturated rings. The van der Waals surface area contributed by atoms with Gasteiger partial charge < -0.3 is 5.73 Å². The normalized spacial score (nSPS) is 20.5. The summed E-state index contributed by atoms with van der Waals surface area (Å²) in [5.74, 6) is 0.917. The summed E-state index contributed by atoms with van der Waals surface area (Å²) in [7, 11) is 0. The Hall–Kier alpha value is -2.21. The summed E-state index contributed by atoms with van der Waals surface area (Å²) >= 11 is 1.59. The number of aliphatic imine (C=N–C) groups is 1. The molecule has 0 amide bonds. The van der Waals surface area contributed by atoms with Crippen molar-refractivity contribution >= 4 is 22.7 Å². The van der Waals surface area contributed by atoms with Crippen LogP contribution in [0.1, 0.15) is 40.7 Å². The number of Topliss-reactive ketones (excluding diaryl/α,β-unsaturated/α-hetero) is 1. The minimum Gasteiger partial charge on any atom is -0.379 e. The van der Waals surface area contributed by atoms with Crippen LogP contribution in [-0.4, -0.2) is 26.9 Å². The molecule has 6 heteroatoms. The molecule has 1 aromatic carbocycles. The lowest BCUT2D eigenvalue weighted by Crippen LogP contribution is -2.28. The minimum absolute atomic E-state index is 0.0352. The smallest absolute Gasteiger partial charge is 0.187 e. The average molecular weight is 340 g/mol. The van der Waals surface area contributed by atoms with E-state index in [0.29, 0.717) is 17.3 Å². The topological polar surface area (TPSA) is 81.2 Å². The number of hydrogen-bond donors (Lipinski definition) is 1. The Kier molecular flexibility index (Phi) is 4.66. The monoisotopic (exact) mass is 340 g/mol. The summed E-state index contributed by atoms with van der Waals surface area (Å²) in [6.07, 6.45) is 1.23. The molecule has 2 N–H and O–H groups in total. The van der Waals surface area contributed by atoms with Crippen molar-refractivity contribution in [3.63, 3.8) is 0 Å². The largest absolute Gasteiger partial charge is 0.379 e. The number of carbonyl (C=O) groups excluding carboxylic acids is 1. The van der Waals surface area contributed by atoms with E-state index in [1.54, 1.807) is 23.9 Å². The number of benzene rings is 1. The molecule has 124 valence electrons. The Morgan fingerprint density at radius 2 is 2.12 bits per heavy atom. The van der Waals surface area contributed by atoms with Crippen LogP contribution < -0.4 is 5.73 Å². The lowest BCUT2D eigenvalue weighted by Gasteiger charge is -2.30. The second kappa shape index (κ2) is 6.73. The van der Waals surface area contributed by atoms with Crippen LogP contribution in [0.5, 0.6) is 0 Å². The third-order valence-electron chi connectivity index (χ3n) is 4.19. The van der Waals surface area contributed by atoms with Crippen molar-refractivity contribution in [2.24, 2.45) is 10.7 Å². The van der Waals surface area contributed by atoms with E-state index < -0.39 is 0 Å². The highest BCUT2D eigenvalue weighted by atomic mass is 32.2. The molecule has 24 heavy (non-hydrogen) atoms. The number of aryl methyl sites for hydroxylation is 1. The Labute approximate surface area is 145 Å². The first kappa shape index (κ1) is 16.6. The van der Waals surface area contributed by atoms with E-state index in [4.69, 9.17) is 5.73 Å². The van der Waals surface area contributed by atoms with Gasteiger partial charge >= 0.3 is 0 Å². The van der Waals surface area contributed by atoms with Gasteiger partial charge in [0.1, 0.15) is 5.69 Å². The summed E-state index contributed by atoms with van der Waals surface area (Å²) in [4.78, 5) is 17.0. The fourth-order valence-corrected chi connectivity index (χ4v) is 3.71. The van der Waals surface area contributed by atoms with E-state index in [1.165, 1.54) is 0 Å². The quantitative estimate of drug-likeness (QED) is 0.866. The van der Waals surface area contributed by atoms with Crippen LogP contribution in [0.15, 0.2) is 41.4 Å². The van der Waals surface area contributed by atoms with Crippen molar-refractivity contribution in [3.05, 3.63) is 58.9 Å². The number of nitrogens with zero attached hydrogens (tertiary/aromatic N) is 3. The van der Waals surface area contributed by atoms with Crippen molar-refractivity contribution in [2.75, 3.05) is 5.75 Å². The number of hydrogen-bond acceptors (Lipinski definition) is 6. The van der Waals surface area contributed by atoms with Gasteiger partial charge in [-0.15, -0.1) is 5.10 Å². The lowest BCUT2D eigenvalue weighted by molar-refractivity contribution is 0.0987. The molecule has 0 bridgehead atoms. The number of rotatable bonds is 4. The summed E-state index contributed by atoms with van der Waals surface area (Å²) in [5.41, 5.74) is 8.81. The fourth-order valence-electron chi connectivity index (χ4n) is 2.73. The predicted octanol–water partition coefficient (Wildman–Crippen LogP) is 2.88. The maximum Gasteiger partial charge on any atom is 0.187 e. The first-order chi connectivity index (χ1) is 11.5. The van der Waals surface area contributed by atoms with Gasteiger partial charge in [-0.1, -0.05) is 36.0 Å². The van der Waals surface area contributed by atoms with E-state index in [-0.39, 0.29) is 11.3 Å². The number of nitrogens with two attached hydrogens (primary N) is 1. The zero-order chi connectivity index (χ0) is 17.2.